The van der Waals surface area contributed by atoms with Gasteiger partial charge < -0.3 is 20.1 Å². The molecule has 1 heterocycles. The van der Waals surface area contributed by atoms with Crippen LogP contribution in [0.4, 0.5) is 13.6 Å². The van der Waals surface area contributed by atoms with Gasteiger partial charge in [-0.15, -0.1) is 0 Å². The average Bonchev–Trinajstić information content (AvgIpc) is 3.34. The summed E-state index contributed by atoms with van der Waals surface area (Å²) in [5, 5.41) is 11.9. The molecule has 2 amide bonds. The number of fused-ring (bicyclic) bond motifs is 3. The van der Waals surface area contributed by atoms with Crippen LogP contribution in [0.1, 0.15) is 43.7 Å². The molecule has 2 aliphatic rings. The third-order valence-corrected chi connectivity index (χ3v) is 6.93. The van der Waals surface area contributed by atoms with Gasteiger partial charge in [0.15, 0.2) is 0 Å². The zero-order valence-electron chi connectivity index (χ0n) is 19.5. The highest BCUT2D eigenvalue weighted by Crippen LogP contribution is 2.44. The van der Waals surface area contributed by atoms with E-state index in [1.54, 1.807) is 13.8 Å². The van der Waals surface area contributed by atoms with E-state index in [0.29, 0.717) is 11.3 Å². The molecule has 1 saturated heterocycles. The van der Waals surface area contributed by atoms with Crippen LogP contribution >= 0.6 is 0 Å². The summed E-state index contributed by atoms with van der Waals surface area (Å²) >= 11 is 0. The SMILES string of the molecule is CCC(C)[C@H](NC(=O)OCC1c2ccccc2-c2ccccc21)C(=O)N1CC(F)(F)C[C@@H]1C(=O)O. The van der Waals surface area contributed by atoms with Gasteiger partial charge in [-0.05, 0) is 28.2 Å². The predicted molar refractivity (Wildman–Crippen MR) is 124 cm³/mol. The molecule has 2 aromatic carbocycles. The average molecular weight is 487 g/mol. The summed E-state index contributed by atoms with van der Waals surface area (Å²) in [4.78, 5) is 38.0. The first-order valence-corrected chi connectivity index (χ1v) is 11.7. The van der Waals surface area contributed by atoms with Crippen LogP contribution in [0, 0.1) is 5.92 Å². The third-order valence-electron chi connectivity index (χ3n) is 6.93. The number of ether oxygens (including phenoxy) is 1. The summed E-state index contributed by atoms with van der Waals surface area (Å²) in [6, 6.07) is 12.9. The molecule has 1 fully saturated rings. The number of rotatable bonds is 7. The Bertz CT molecular complexity index is 1090. The quantitative estimate of drug-likeness (QED) is 0.610. The molecule has 9 heteroatoms. The molecule has 186 valence electrons. The van der Waals surface area contributed by atoms with Crippen molar-refractivity contribution in [3.05, 3.63) is 59.7 Å². The zero-order valence-corrected chi connectivity index (χ0v) is 19.5. The Balaban J connectivity index is 1.47. The number of hydrogen-bond acceptors (Lipinski definition) is 4. The van der Waals surface area contributed by atoms with Gasteiger partial charge in [-0.25, -0.2) is 18.4 Å². The number of hydrogen-bond donors (Lipinski definition) is 2. The van der Waals surface area contributed by atoms with E-state index in [4.69, 9.17) is 4.74 Å². The molecule has 0 bridgehead atoms. The van der Waals surface area contributed by atoms with Crippen LogP contribution in [-0.2, 0) is 14.3 Å². The van der Waals surface area contributed by atoms with Crippen molar-refractivity contribution in [2.24, 2.45) is 5.92 Å². The lowest BCUT2D eigenvalue weighted by molar-refractivity contribution is -0.149. The molecular weight excluding hydrogens is 458 g/mol. The Labute approximate surface area is 202 Å². The number of carboxylic acids is 1. The summed E-state index contributed by atoms with van der Waals surface area (Å²) in [5.74, 6) is -6.26. The molecule has 3 atom stereocenters. The van der Waals surface area contributed by atoms with Crippen molar-refractivity contribution in [2.75, 3.05) is 13.2 Å². The van der Waals surface area contributed by atoms with Crippen molar-refractivity contribution in [1.82, 2.24) is 10.2 Å². The van der Waals surface area contributed by atoms with E-state index in [1.165, 1.54) is 0 Å². The number of carbonyl (C=O) groups is 3. The van der Waals surface area contributed by atoms with Crippen LogP contribution in [0.2, 0.25) is 0 Å². The Morgan fingerprint density at radius 3 is 2.23 bits per heavy atom. The first-order valence-electron chi connectivity index (χ1n) is 11.7. The lowest BCUT2D eigenvalue weighted by Crippen LogP contribution is -2.54. The molecule has 0 radical (unpaired) electrons. The second-order valence-corrected chi connectivity index (χ2v) is 9.21. The maximum atomic E-state index is 13.9. The summed E-state index contributed by atoms with van der Waals surface area (Å²) in [5.41, 5.74) is 4.19. The number of alkyl carbamates (subject to hydrolysis) is 1. The summed E-state index contributed by atoms with van der Waals surface area (Å²) in [7, 11) is 0. The number of nitrogens with one attached hydrogen (secondary N) is 1. The molecule has 4 rings (SSSR count). The third kappa shape index (κ3) is 4.85. The Hall–Kier alpha value is -3.49. The van der Waals surface area contributed by atoms with Gasteiger partial charge in [0.1, 0.15) is 18.7 Å². The maximum Gasteiger partial charge on any atom is 0.407 e. The van der Waals surface area contributed by atoms with Crippen molar-refractivity contribution in [3.63, 3.8) is 0 Å². The first-order chi connectivity index (χ1) is 16.6. The van der Waals surface area contributed by atoms with Crippen LogP contribution in [0.25, 0.3) is 11.1 Å². The molecule has 1 aliphatic heterocycles. The van der Waals surface area contributed by atoms with Crippen molar-refractivity contribution in [3.8, 4) is 11.1 Å². The zero-order chi connectivity index (χ0) is 25.3. The Kier molecular flexibility index (Phi) is 6.78. The molecule has 0 saturated carbocycles. The van der Waals surface area contributed by atoms with E-state index in [-0.39, 0.29) is 12.5 Å². The minimum absolute atomic E-state index is 0.0286. The van der Waals surface area contributed by atoms with Gasteiger partial charge in [-0.2, -0.15) is 0 Å². The minimum atomic E-state index is -3.30. The highest BCUT2D eigenvalue weighted by Gasteiger charge is 2.51. The van der Waals surface area contributed by atoms with E-state index in [1.807, 2.05) is 48.5 Å². The Morgan fingerprint density at radius 1 is 1.11 bits per heavy atom. The first kappa shape index (κ1) is 24.6. The number of halogens is 2. The smallest absolute Gasteiger partial charge is 0.407 e. The molecule has 1 unspecified atom stereocenters. The number of likely N-dealkylation sites (tertiary alicyclic amines) is 1. The number of benzene rings is 2. The number of carboxylic acid groups (broad SMARTS) is 1. The van der Waals surface area contributed by atoms with Gasteiger partial charge in [0.25, 0.3) is 5.92 Å². The van der Waals surface area contributed by atoms with Crippen LogP contribution < -0.4 is 5.32 Å². The highest BCUT2D eigenvalue weighted by molar-refractivity contribution is 5.90. The largest absolute Gasteiger partial charge is 0.480 e. The van der Waals surface area contributed by atoms with Gasteiger partial charge in [0.05, 0.1) is 6.54 Å². The van der Waals surface area contributed by atoms with E-state index in [2.05, 4.69) is 5.32 Å². The van der Waals surface area contributed by atoms with Crippen molar-refractivity contribution >= 4 is 18.0 Å². The molecular formula is C26H28F2N2O5. The second-order valence-electron chi connectivity index (χ2n) is 9.21. The molecule has 0 aromatic heterocycles. The van der Waals surface area contributed by atoms with Crippen LogP contribution in [0.5, 0.6) is 0 Å². The van der Waals surface area contributed by atoms with E-state index < -0.39 is 54.9 Å². The number of nitrogens with zero attached hydrogens (tertiary/aromatic N) is 1. The second kappa shape index (κ2) is 9.64. The normalized spacial score (nSPS) is 20.0. The van der Waals surface area contributed by atoms with E-state index in [9.17, 15) is 28.3 Å². The fourth-order valence-corrected chi connectivity index (χ4v) is 4.90. The van der Waals surface area contributed by atoms with Crippen molar-refractivity contribution in [1.29, 1.82) is 0 Å². The standard InChI is InChI=1S/C26H28F2N2O5/c1-3-15(2)22(23(31)30-14-26(27,28)12-21(30)24(32)33)29-25(34)35-13-20-18-10-6-4-8-16(18)17-9-5-7-11-19(17)20/h4-11,15,20-22H,3,12-14H2,1-2H3,(H,29,34)(H,32,33)/t15?,21-,22+/m1/s1. The lowest BCUT2D eigenvalue weighted by atomic mass is 9.97. The maximum absolute atomic E-state index is 13.9. The summed E-state index contributed by atoms with van der Waals surface area (Å²) in [6.45, 7) is 2.51. The topological polar surface area (TPSA) is 95.9 Å². The molecule has 35 heavy (non-hydrogen) atoms. The monoisotopic (exact) mass is 486 g/mol. The van der Waals surface area contributed by atoms with Gasteiger partial charge in [-0.1, -0.05) is 68.8 Å². The van der Waals surface area contributed by atoms with Gasteiger partial charge in [0.2, 0.25) is 5.91 Å². The van der Waals surface area contributed by atoms with Crippen molar-refractivity contribution < 1.29 is 33.0 Å². The van der Waals surface area contributed by atoms with Crippen LogP contribution in [0.15, 0.2) is 48.5 Å². The molecule has 2 aromatic rings. The fraction of sp³-hybridized carbons (Fsp3) is 0.423. The van der Waals surface area contributed by atoms with Gasteiger partial charge >= 0.3 is 12.1 Å². The molecule has 7 nitrogen and oxygen atoms in total. The highest BCUT2D eigenvalue weighted by atomic mass is 19.3. The molecule has 0 spiro atoms. The molecule has 1 aliphatic carbocycles. The van der Waals surface area contributed by atoms with Crippen molar-refractivity contribution in [2.45, 2.75) is 50.6 Å². The summed E-state index contributed by atoms with van der Waals surface area (Å²) < 4.78 is 33.4. The number of aliphatic carboxylic acids is 1. The van der Waals surface area contributed by atoms with Gasteiger partial charge in [0, 0.05) is 12.3 Å². The fourth-order valence-electron chi connectivity index (χ4n) is 4.90. The van der Waals surface area contributed by atoms with E-state index in [0.717, 1.165) is 22.3 Å². The number of carbonyl (C=O) groups excluding carboxylic acids is 2. The number of amides is 2. The predicted octanol–water partition coefficient (Wildman–Crippen LogP) is 4.26. The molecule has 2 N–H and O–H groups in total. The minimum Gasteiger partial charge on any atom is -0.480 e. The number of alkyl halides is 2. The van der Waals surface area contributed by atoms with Crippen LogP contribution in [-0.4, -0.2) is 59.1 Å². The lowest BCUT2D eigenvalue weighted by Gasteiger charge is -2.30. The summed E-state index contributed by atoms with van der Waals surface area (Å²) in [6.07, 6.45) is -1.35. The van der Waals surface area contributed by atoms with Gasteiger partial charge in [-0.3, -0.25) is 4.79 Å². The van der Waals surface area contributed by atoms with Crippen LogP contribution in [0.3, 0.4) is 0 Å². The van der Waals surface area contributed by atoms with E-state index >= 15 is 0 Å². The Morgan fingerprint density at radius 2 is 1.69 bits per heavy atom.